The van der Waals surface area contributed by atoms with Gasteiger partial charge in [0.1, 0.15) is 23.4 Å². The van der Waals surface area contributed by atoms with Gasteiger partial charge >= 0.3 is 12.2 Å². The van der Waals surface area contributed by atoms with Crippen LogP contribution in [0, 0.1) is 6.92 Å². The number of urea groups is 1. The molecule has 3 aromatic heterocycles. The number of nitrogens with one attached hydrogen (secondary N) is 3. The fourth-order valence-corrected chi connectivity index (χ4v) is 9.58. The molecule has 1 atom stereocenters. The predicted molar refractivity (Wildman–Crippen MR) is 270 cm³/mol. The Bertz CT molecular complexity index is 3250. The number of piperazine rings is 1. The summed E-state index contributed by atoms with van der Waals surface area (Å²) in [6.45, 7) is 6.69. The maximum absolute atomic E-state index is 13.8. The molecule has 2 saturated heterocycles. The number of fused-ring (bicyclic) bond motifs is 2. The molecule has 1 unspecified atom stereocenters. The second-order valence-electron chi connectivity index (χ2n) is 18.8. The van der Waals surface area contributed by atoms with Gasteiger partial charge in [0.15, 0.2) is 0 Å². The SMILES string of the molecule is Cc1ccc(NC(=O)c2cccc(C(F)(F)F)c2)cc1N1Cc2cnc(Nc3ccc(N4CCN(Cc5cn(CCCCCOc6cccc7c6C(=O)N(C6CCC(=O)NC6=O)C7=O)nn5)CC4)nc3)nc2N(C)C1=O. The summed E-state index contributed by atoms with van der Waals surface area (Å²) in [6.07, 6.45) is 3.16. The molecule has 21 nitrogen and oxygen atoms in total. The molecule has 6 aromatic rings. The third-order valence-electron chi connectivity index (χ3n) is 13.6. The zero-order valence-corrected chi connectivity index (χ0v) is 41.3. The molecule has 0 aliphatic carbocycles. The predicted octanol–water partition coefficient (Wildman–Crippen LogP) is 6.34. The van der Waals surface area contributed by atoms with Crippen LogP contribution in [-0.2, 0) is 35.4 Å². The molecule has 3 aromatic carbocycles. The number of unbranched alkanes of at least 4 members (excludes halogenated alkanes) is 2. The summed E-state index contributed by atoms with van der Waals surface area (Å²) in [5.74, 6) is -1.21. The fourth-order valence-electron chi connectivity index (χ4n) is 9.58. The molecule has 7 amide bonds. The van der Waals surface area contributed by atoms with Crippen LogP contribution >= 0.6 is 0 Å². The second kappa shape index (κ2) is 21.2. The number of anilines is 6. The number of hydrogen-bond acceptors (Lipinski definition) is 15. The maximum Gasteiger partial charge on any atom is 0.416 e. The highest BCUT2D eigenvalue weighted by Crippen LogP contribution is 2.36. The van der Waals surface area contributed by atoms with Crippen LogP contribution in [0.3, 0.4) is 0 Å². The molecule has 0 bridgehead atoms. The number of pyridine rings is 1. The number of carbonyl (C=O) groups is 6. The first kappa shape index (κ1) is 50.7. The molecule has 4 aliphatic heterocycles. The average molecular weight is 1040 g/mol. The van der Waals surface area contributed by atoms with Crippen molar-refractivity contribution in [2.45, 2.75) is 70.9 Å². The fraction of sp³-hybridized carbons (Fsp3) is 0.327. The van der Waals surface area contributed by atoms with Crippen molar-refractivity contribution in [1.82, 2.24) is 45.1 Å². The molecule has 392 valence electrons. The highest BCUT2D eigenvalue weighted by Gasteiger charge is 2.46. The van der Waals surface area contributed by atoms with E-state index < -0.39 is 47.3 Å². The zero-order chi connectivity index (χ0) is 53.3. The first-order valence-electron chi connectivity index (χ1n) is 24.6. The number of benzene rings is 3. The number of amides is 7. The summed E-state index contributed by atoms with van der Waals surface area (Å²) in [4.78, 5) is 99.5. The monoisotopic (exact) mass is 1040 g/mol. The van der Waals surface area contributed by atoms with Crippen molar-refractivity contribution in [2.75, 3.05) is 65.2 Å². The van der Waals surface area contributed by atoms with E-state index in [0.29, 0.717) is 54.6 Å². The molecule has 10 rings (SSSR count). The van der Waals surface area contributed by atoms with E-state index in [-0.39, 0.29) is 53.8 Å². The normalized spacial score (nSPS) is 17.0. The van der Waals surface area contributed by atoms with Gasteiger partial charge in [-0.05, 0) is 92.8 Å². The number of hydrogen-bond donors (Lipinski definition) is 3. The van der Waals surface area contributed by atoms with Crippen molar-refractivity contribution in [3.63, 3.8) is 0 Å². The Morgan fingerprint density at radius 3 is 2.46 bits per heavy atom. The van der Waals surface area contributed by atoms with E-state index in [1.165, 1.54) is 28.0 Å². The Kier molecular flexibility index (Phi) is 14.2. The van der Waals surface area contributed by atoms with Crippen molar-refractivity contribution >= 4 is 70.2 Å². The van der Waals surface area contributed by atoms with Crippen LogP contribution in [0.1, 0.15) is 85.6 Å². The second-order valence-corrected chi connectivity index (χ2v) is 18.8. The highest BCUT2D eigenvalue weighted by atomic mass is 19.4. The van der Waals surface area contributed by atoms with Crippen LogP contribution in [-0.4, -0.2) is 121 Å². The lowest BCUT2D eigenvalue weighted by molar-refractivity contribution is -0.138. The number of rotatable bonds is 16. The van der Waals surface area contributed by atoms with Crippen molar-refractivity contribution in [1.29, 1.82) is 0 Å². The van der Waals surface area contributed by atoms with E-state index in [0.717, 1.165) is 73.1 Å². The number of halogens is 3. The van der Waals surface area contributed by atoms with Crippen LogP contribution in [0.2, 0.25) is 0 Å². The summed E-state index contributed by atoms with van der Waals surface area (Å²) in [6, 6.07) is 16.3. The molecule has 0 spiro atoms. The third kappa shape index (κ3) is 10.7. The Labute approximate surface area is 433 Å². The minimum absolute atomic E-state index is 0.0448. The summed E-state index contributed by atoms with van der Waals surface area (Å²) in [5, 5.41) is 16.8. The molecular formula is C52H51F3N14O7. The van der Waals surface area contributed by atoms with Gasteiger partial charge in [0.2, 0.25) is 17.8 Å². The number of aromatic nitrogens is 6. The lowest BCUT2D eigenvalue weighted by Crippen LogP contribution is -2.54. The van der Waals surface area contributed by atoms with Gasteiger partial charge in [-0.1, -0.05) is 23.4 Å². The molecule has 4 aliphatic rings. The van der Waals surface area contributed by atoms with Gasteiger partial charge in [0.05, 0.1) is 53.1 Å². The number of alkyl halides is 3. The first-order chi connectivity index (χ1) is 36.6. The molecule has 0 saturated carbocycles. The Balaban J connectivity index is 0.656. The average Bonchev–Trinajstić information content (AvgIpc) is 3.97. The van der Waals surface area contributed by atoms with Crippen LogP contribution in [0.4, 0.5) is 52.6 Å². The molecule has 7 heterocycles. The molecule has 24 heteroatoms. The molecule has 2 fully saturated rings. The molecule has 76 heavy (non-hydrogen) atoms. The number of carbonyl (C=O) groups excluding carboxylic acids is 6. The van der Waals surface area contributed by atoms with Gasteiger partial charge in [0.25, 0.3) is 17.7 Å². The standard InChI is InChI=1S/C52H51F3N14O7/c1-31-12-13-35(58-46(71)32-8-6-9-34(24-32)52(53,54)55)25-40(31)68-28-33-26-57-50(61-45(33)64(2)51(68)75)59-36-14-16-42(56-27-36)66-21-19-65(20-22-66)29-37-30-67(63-62-37)18-4-3-5-23-76-41-11-7-10-38-44(41)49(74)69(48(38)73)39-15-17-43(70)60-47(39)72/h6-14,16,24-27,30,39H,3-5,15,17-23,28-29H2,1-2H3,(H,58,71)(H,57,59,61)(H,60,70,72). The van der Waals surface area contributed by atoms with E-state index in [2.05, 4.69) is 46.0 Å². The van der Waals surface area contributed by atoms with Crippen molar-refractivity contribution in [3.05, 3.63) is 130 Å². The van der Waals surface area contributed by atoms with E-state index >= 15 is 0 Å². The Hall–Kier alpha value is -8.80. The summed E-state index contributed by atoms with van der Waals surface area (Å²) in [7, 11) is 1.60. The first-order valence-corrected chi connectivity index (χ1v) is 24.6. The van der Waals surface area contributed by atoms with Gasteiger partial charge in [-0.25, -0.2) is 14.8 Å². The molecular weight excluding hydrogens is 990 g/mol. The summed E-state index contributed by atoms with van der Waals surface area (Å²) >= 11 is 0. The van der Waals surface area contributed by atoms with E-state index in [1.807, 2.05) is 29.9 Å². The quantitative estimate of drug-likeness (QED) is 0.0710. The maximum atomic E-state index is 13.8. The zero-order valence-electron chi connectivity index (χ0n) is 41.3. The largest absolute Gasteiger partial charge is 0.493 e. The smallest absolute Gasteiger partial charge is 0.416 e. The van der Waals surface area contributed by atoms with Crippen molar-refractivity contribution < 1.29 is 46.7 Å². The third-order valence-corrected chi connectivity index (χ3v) is 13.6. The lowest BCUT2D eigenvalue weighted by atomic mass is 10.0. The minimum atomic E-state index is -4.60. The number of piperidine rings is 1. The van der Waals surface area contributed by atoms with Gasteiger partial charge in [-0.15, -0.1) is 5.10 Å². The topological polar surface area (TPSA) is 233 Å². The Morgan fingerprint density at radius 2 is 1.68 bits per heavy atom. The summed E-state index contributed by atoms with van der Waals surface area (Å²) < 4.78 is 47.6. The van der Waals surface area contributed by atoms with E-state index in [1.54, 1.807) is 49.8 Å². The van der Waals surface area contributed by atoms with Gasteiger partial charge in [0, 0.05) is 81.9 Å². The van der Waals surface area contributed by atoms with E-state index in [9.17, 15) is 41.9 Å². The molecule has 3 N–H and O–H groups in total. The van der Waals surface area contributed by atoms with Crippen LogP contribution in [0.15, 0.2) is 91.4 Å². The van der Waals surface area contributed by atoms with Crippen LogP contribution in [0.25, 0.3) is 0 Å². The highest BCUT2D eigenvalue weighted by molar-refractivity contribution is 6.24. The summed E-state index contributed by atoms with van der Waals surface area (Å²) in [5.41, 5.74) is 2.93. The number of nitrogens with zero attached hydrogens (tertiary/aromatic N) is 11. The van der Waals surface area contributed by atoms with Gasteiger partial charge in [-0.2, -0.15) is 18.2 Å². The van der Waals surface area contributed by atoms with Crippen molar-refractivity contribution in [3.8, 4) is 5.75 Å². The Morgan fingerprint density at radius 1 is 0.882 bits per heavy atom. The van der Waals surface area contributed by atoms with Crippen LogP contribution < -0.4 is 35.4 Å². The van der Waals surface area contributed by atoms with Crippen molar-refractivity contribution in [2.24, 2.45) is 0 Å². The molecule has 0 radical (unpaired) electrons. The van der Waals surface area contributed by atoms with E-state index in [4.69, 9.17) is 9.72 Å². The number of imide groups is 2. The van der Waals surface area contributed by atoms with Gasteiger partial charge in [-0.3, -0.25) is 53.6 Å². The van der Waals surface area contributed by atoms with Gasteiger partial charge < -0.3 is 20.3 Å². The van der Waals surface area contributed by atoms with Crippen LogP contribution in [0.5, 0.6) is 5.75 Å². The lowest BCUT2D eigenvalue weighted by Gasteiger charge is -2.35. The number of aryl methyl sites for hydroxylation is 2. The minimum Gasteiger partial charge on any atom is -0.493 e. The number of ether oxygens (including phenoxy) is 1.